The van der Waals surface area contributed by atoms with E-state index in [0.29, 0.717) is 0 Å². The summed E-state index contributed by atoms with van der Waals surface area (Å²) < 4.78 is 38.7. The molecule has 0 aliphatic rings. The molecule has 150 valence electrons. The highest BCUT2D eigenvalue weighted by Gasteiger charge is 2.30. The first kappa shape index (κ1) is 19.6. The molecule has 0 aliphatic heterocycles. The van der Waals surface area contributed by atoms with Crippen LogP contribution in [0.4, 0.5) is 13.2 Å². The van der Waals surface area contributed by atoms with E-state index >= 15 is 0 Å². The molecule has 3 nitrogen and oxygen atoms in total. The van der Waals surface area contributed by atoms with Gasteiger partial charge in [0, 0.05) is 29.9 Å². The van der Waals surface area contributed by atoms with Crippen molar-refractivity contribution >= 4 is 16.7 Å². The third-order valence-electron chi connectivity index (χ3n) is 4.88. The molecule has 1 aromatic heterocycles. The lowest BCUT2D eigenvalue weighted by Crippen LogP contribution is -2.23. The van der Waals surface area contributed by atoms with E-state index in [2.05, 4.69) is 10.3 Å². The smallest absolute Gasteiger partial charge is 0.348 e. The van der Waals surface area contributed by atoms with Gasteiger partial charge in [0.15, 0.2) is 0 Å². The van der Waals surface area contributed by atoms with Crippen molar-refractivity contribution < 1.29 is 18.0 Å². The van der Waals surface area contributed by atoms with E-state index in [-0.39, 0.29) is 12.1 Å². The molecule has 0 radical (unpaired) electrons. The Bertz CT molecular complexity index is 1200. The molecule has 0 saturated heterocycles. The normalized spacial score (nSPS) is 11.4. The zero-order valence-corrected chi connectivity index (χ0v) is 15.8. The van der Waals surface area contributed by atoms with Crippen LogP contribution in [0.1, 0.15) is 21.5 Å². The van der Waals surface area contributed by atoms with Crippen LogP contribution in [-0.4, -0.2) is 10.9 Å². The first-order valence-electron chi connectivity index (χ1n) is 9.30. The average Bonchev–Trinajstić information content (AvgIpc) is 2.77. The van der Waals surface area contributed by atoms with Gasteiger partial charge in [-0.3, -0.25) is 9.78 Å². The van der Waals surface area contributed by atoms with Crippen LogP contribution in [0.3, 0.4) is 0 Å². The van der Waals surface area contributed by atoms with Crippen molar-refractivity contribution in [2.24, 2.45) is 0 Å². The summed E-state index contributed by atoms with van der Waals surface area (Å²) in [6.45, 7) is 0.173. The molecule has 0 bridgehead atoms. The van der Waals surface area contributed by atoms with Crippen LogP contribution in [0.15, 0.2) is 85.2 Å². The predicted molar refractivity (Wildman–Crippen MR) is 110 cm³/mol. The first-order chi connectivity index (χ1) is 14.4. The summed E-state index contributed by atoms with van der Waals surface area (Å²) in [4.78, 5) is 16.6. The van der Waals surface area contributed by atoms with Crippen molar-refractivity contribution in [1.82, 2.24) is 10.3 Å². The lowest BCUT2D eigenvalue weighted by atomic mass is 9.96. The van der Waals surface area contributed by atoms with Gasteiger partial charge in [0.05, 0.1) is 5.56 Å². The monoisotopic (exact) mass is 406 g/mol. The van der Waals surface area contributed by atoms with E-state index < -0.39 is 17.6 Å². The van der Waals surface area contributed by atoms with Crippen LogP contribution < -0.4 is 5.32 Å². The zero-order chi connectivity index (χ0) is 21.1. The molecule has 6 heteroatoms. The third kappa shape index (κ3) is 4.03. The van der Waals surface area contributed by atoms with Gasteiger partial charge in [-0.25, -0.2) is 0 Å². The van der Waals surface area contributed by atoms with E-state index in [4.69, 9.17) is 0 Å². The lowest BCUT2D eigenvalue weighted by molar-refractivity contribution is -0.137. The van der Waals surface area contributed by atoms with Crippen LogP contribution in [0.2, 0.25) is 0 Å². The Balaban J connectivity index is 1.60. The second-order valence-corrected chi connectivity index (χ2v) is 6.82. The van der Waals surface area contributed by atoms with E-state index in [1.165, 1.54) is 12.1 Å². The van der Waals surface area contributed by atoms with Gasteiger partial charge in [-0.1, -0.05) is 48.5 Å². The molecule has 1 amide bonds. The van der Waals surface area contributed by atoms with Crippen molar-refractivity contribution in [3.05, 3.63) is 102 Å². The maximum absolute atomic E-state index is 12.9. The Labute approximate surface area is 171 Å². The fourth-order valence-electron chi connectivity index (χ4n) is 3.39. The first-order valence-corrected chi connectivity index (χ1v) is 9.30. The van der Waals surface area contributed by atoms with Crippen LogP contribution >= 0.6 is 0 Å². The SMILES string of the molecule is O=C(NCc1ccc(-c2ccccc2)c2ccncc12)c1cccc(C(F)(F)F)c1. The minimum absolute atomic E-state index is 0.0341. The molecular weight excluding hydrogens is 389 g/mol. The fourth-order valence-corrected chi connectivity index (χ4v) is 3.39. The number of carbonyl (C=O) groups excluding carboxylic acids is 1. The molecule has 0 unspecified atom stereocenters. The molecule has 1 heterocycles. The molecule has 4 rings (SSSR count). The number of benzene rings is 3. The van der Waals surface area contributed by atoms with Gasteiger partial charge in [-0.05, 0) is 46.3 Å². The standard InChI is InChI=1S/C24H17F3N2O/c25-24(26,27)19-8-4-7-17(13-19)23(30)29-14-18-9-10-20(16-5-2-1-3-6-16)21-11-12-28-15-22(18)21/h1-13,15H,14H2,(H,29,30). The molecule has 30 heavy (non-hydrogen) atoms. The van der Waals surface area contributed by atoms with Crippen molar-refractivity contribution in [2.75, 3.05) is 0 Å². The van der Waals surface area contributed by atoms with Crippen LogP contribution in [-0.2, 0) is 12.7 Å². The zero-order valence-electron chi connectivity index (χ0n) is 15.8. The molecule has 0 spiro atoms. The highest BCUT2D eigenvalue weighted by atomic mass is 19.4. The molecule has 0 atom stereocenters. The number of aromatic nitrogens is 1. The topological polar surface area (TPSA) is 42.0 Å². The number of hydrogen-bond acceptors (Lipinski definition) is 2. The summed E-state index contributed by atoms with van der Waals surface area (Å²) in [5.74, 6) is -0.565. The van der Waals surface area contributed by atoms with Gasteiger partial charge in [0.2, 0.25) is 0 Å². The van der Waals surface area contributed by atoms with Crippen molar-refractivity contribution in [1.29, 1.82) is 0 Å². The number of fused-ring (bicyclic) bond motifs is 1. The minimum atomic E-state index is -4.49. The van der Waals surface area contributed by atoms with Gasteiger partial charge in [0.1, 0.15) is 0 Å². The summed E-state index contributed by atoms with van der Waals surface area (Å²) in [6, 6.07) is 20.1. The predicted octanol–water partition coefficient (Wildman–Crippen LogP) is 5.85. The number of nitrogens with one attached hydrogen (secondary N) is 1. The van der Waals surface area contributed by atoms with Crippen LogP contribution in [0.5, 0.6) is 0 Å². The minimum Gasteiger partial charge on any atom is -0.348 e. The maximum Gasteiger partial charge on any atom is 0.416 e. The van der Waals surface area contributed by atoms with E-state index in [1.54, 1.807) is 12.4 Å². The molecule has 4 aromatic rings. The number of nitrogens with zero attached hydrogens (tertiary/aromatic N) is 1. The number of alkyl halides is 3. The Kier molecular flexibility index (Phi) is 5.23. The second kappa shape index (κ2) is 7.99. The summed E-state index contributed by atoms with van der Waals surface area (Å²) in [5.41, 5.74) is 2.05. The Hall–Kier alpha value is -3.67. The highest BCUT2D eigenvalue weighted by Crippen LogP contribution is 2.31. The number of carbonyl (C=O) groups is 1. The quantitative estimate of drug-likeness (QED) is 0.462. The van der Waals surface area contributed by atoms with Gasteiger partial charge >= 0.3 is 6.18 Å². The van der Waals surface area contributed by atoms with E-state index in [0.717, 1.165) is 39.6 Å². The lowest BCUT2D eigenvalue weighted by Gasteiger charge is -2.13. The molecule has 0 fully saturated rings. The fraction of sp³-hybridized carbons (Fsp3) is 0.0833. The molecular formula is C24H17F3N2O. The van der Waals surface area contributed by atoms with Gasteiger partial charge in [-0.15, -0.1) is 0 Å². The Morgan fingerprint density at radius 3 is 2.47 bits per heavy atom. The molecule has 1 N–H and O–H groups in total. The van der Waals surface area contributed by atoms with Gasteiger partial charge < -0.3 is 5.32 Å². The second-order valence-electron chi connectivity index (χ2n) is 6.82. The summed E-state index contributed by atoms with van der Waals surface area (Å²) in [7, 11) is 0. The summed E-state index contributed by atoms with van der Waals surface area (Å²) >= 11 is 0. The summed E-state index contributed by atoms with van der Waals surface area (Å²) in [5, 5.41) is 4.58. The number of halogens is 3. The average molecular weight is 406 g/mol. The Morgan fingerprint density at radius 2 is 1.70 bits per heavy atom. The van der Waals surface area contributed by atoms with Crippen LogP contribution in [0, 0.1) is 0 Å². The van der Waals surface area contributed by atoms with E-state index in [1.807, 2.05) is 48.5 Å². The largest absolute Gasteiger partial charge is 0.416 e. The van der Waals surface area contributed by atoms with Crippen molar-refractivity contribution in [2.45, 2.75) is 12.7 Å². The summed E-state index contributed by atoms with van der Waals surface area (Å²) in [6.07, 6.45) is -1.06. The van der Waals surface area contributed by atoms with Crippen molar-refractivity contribution in [3.63, 3.8) is 0 Å². The van der Waals surface area contributed by atoms with Gasteiger partial charge in [-0.2, -0.15) is 13.2 Å². The number of hydrogen-bond donors (Lipinski definition) is 1. The molecule has 0 aliphatic carbocycles. The number of rotatable bonds is 4. The number of amides is 1. The third-order valence-corrected chi connectivity index (χ3v) is 4.88. The molecule has 0 saturated carbocycles. The van der Waals surface area contributed by atoms with Gasteiger partial charge in [0.25, 0.3) is 5.91 Å². The highest BCUT2D eigenvalue weighted by molar-refractivity contribution is 5.99. The van der Waals surface area contributed by atoms with E-state index in [9.17, 15) is 18.0 Å². The Morgan fingerprint density at radius 1 is 0.900 bits per heavy atom. The number of pyridine rings is 1. The van der Waals surface area contributed by atoms with Crippen molar-refractivity contribution in [3.8, 4) is 11.1 Å². The maximum atomic E-state index is 12.9. The molecule has 3 aromatic carbocycles. The van der Waals surface area contributed by atoms with Crippen LogP contribution in [0.25, 0.3) is 21.9 Å².